The monoisotopic (exact) mass is 177 g/mol. The lowest BCUT2D eigenvalue weighted by atomic mass is 10.1. The smallest absolute Gasteiger partial charge is 0.144 e. The number of ketones is 1. The van der Waals surface area contributed by atoms with Crippen molar-refractivity contribution in [2.75, 3.05) is 5.75 Å². The highest BCUT2D eigenvalue weighted by Crippen LogP contribution is 2.23. The molecule has 0 aromatic carbocycles. The van der Waals surface area contributed by atoms with Gasteiger partial charge in [0, 0.05) is 17.7 Å². The van der Waals surface area contributed by atoms with Crippen molar-refractivity contribution in [3.8, 4) is 0 Å². The Kier molecular flexibility index (Phi) is 3.15. The Balaban J connectivity index is 2.45. The topological polar surface area (TPSA) is 29.1 Å². The summed E-state index contributed by atoms with van der Waals surface area (Å²) in [5.41, 5.74) is 0. The van der Waals surface area contributed by atoms with E-state index in [0.29, 0.717) is 29.2 Å². The van der Waals surface area contributed by atoms with Gasteiger partial charge in [-0.3, -0.25) is 9.88 Å². The maximum Gasteiger partial charge on any atom is 0.144 e. The van der Waals surface area contributed by atoms with Crippen molar-refractivity contribution in [2.45, 2.75) is 24.6 Å². The number of rotatable bonds is 1. The molecule has 0 aromatic heterocycles. The molecule has 1 heterocycles. The highest BCUT2D eigenvalue weighted by molar-refractivity contribution is 8.00. The first-order chi connectivity index (χ1) is 4.74. The number of hydrogen-bond acceptors (Lipinski definition) is 3. The van der Waals surface area contributed by atoms with Gasteiger partial charge in [0.1, 0.15) is 5.78 Å². The minimum absolute atomic E-state index is 0.358. The number of thioether (sulfide) groups is 1. The molecule has 2 nitrogen and oxygen atoms in total. The molecule has 1 saturated heterocycles. The fourth-order valence-corrected chi connectivity index (χ4v) is 2.52. The maximum absolute atomic E-state index is 10.9. The summed E-state index contributed by atoms with van der Waals surface area (Å²) in [6.45, 7) is 2.15. The van der Waals surface area contributed by atoms with E-state index in [1.165, 1.54) is 0 Å². The molecule has 1 N–H and O–H groups in total. The maximum atomic E-state index is 10.9. The Morgan fingerprint density at radius 2 is 2.50 bits per heavy atom. The van der Waals surface area contributed by atoms with Gasteiger partial charge in [0.2, 0.25) is 0 Å². The van der Waals surface area contributed by atoms with Gasteiger partial charge in [-0.25, -0.2) is 0 Å². The summed E-state index contributed by atoms with van der Waals surface area (Å²) in [5, 5.41) is 3.62. The van der Waals surface area contributed by atoms with Crippen molar-refractivity contribution >= 4 is 26.9 Å². The zero-order chi connectivity index (χ0) is 7.56. The van der Waals surface area contributed by atoms with Crippen LogP contribution in [0.5, 0.6) is 0 Å². The molecule has 0 aromatic rings. The lowest BCUT2D eigenvalue weighted by molar-refractivity contribution is -0.117. The Bertz CT molecular complexity index is 142. The fourth-order valence-electron chi connectivity index (χ4n) is 1.01. The van der Waals surface area contributed by atoms with Crippen molar-refractivity contribution in [1.82, 2.24) is 5.09 Å². The van der Waals surface area contributed by atoms with E-state index < -0.39 is 0 Å². The van der Waals surface area contributed by atoms with Gasteiger partial charge in [0.15, 0.2) is 0 Å². The van der Waals surface area contributed by atoms with Crippen LogP contribution < -0.4 is 5.09 Å². The van der Waals surface area contributed by atoms with Crippen LogP contribution in [0.3, 0.4) is 0 Å². The van der Waals surface area contributed by atoms with E-state index in [1.807, 2.05) is 0 Å². The Morgan fingerprint density at radius 1 is 1.80 bits per heavy atom. The minimum atomic E-state index is 0.358. The Labute approximate surface area is 67.8 Å². The molecule has 1 rings (SSSR count). The van der Waals surface area contributed by atoms with Gasteiger partial charge < -0.3 is 0 Å². The minimum Gasteiger partial charge on any atom is -0.299 e. The zero-order valence-electron chi connectivity index (χ0n) is 5.96. The van der Waals surface area contributed by atoms with Gasteiger partial charge in [-0.05, 0) is 0 Å². The molecule has 0 bridgehead atoms. The van der Waals surface area contributed by atoms with E-state index in [9.17, 15) is 4.79 Å². The molecule has 10 heavy (non-hydrogen) atoms. The van der Waals surface area contributed by atoms with Gasteiger partial charge in [-0.2, -0.15) is 0 Å². The summed E-state index contributed by atoms with van der Waals surface area (Å²) in [7, 11) is 2.47. The molecule has 0 amide bonds. The highest BCUT2D eigenvalue weighted by atomic mass is 32.2. The number of hydrogen-bond donors (Lipinski definition) is 1. The largest absolute Gasteiger partial charge is 0.299 e. The van der Waals surface area contributed by atoms with Crippen LogP contribution in [0.1, 0.15) is 13.3 Å². The molecule has 1 unspecified atom stereocenters. The molecule has 0 saturated carbocycles. The quantitative estimate of drug-likeness (QED) is 0.601. The third kappa shape index (κ3) is 1.94. The van der Waals surface area contributed by atoms with Crippen LogP contribution in [-0.2, 0) is 4.79 Å². The summed E-state index contributed by atoms with van der Waals surface area (Å²) in [6, 6.07) is 0.358. The van der Waals surface area contributed by atoms with Gasteiger partial charge in [-0.1, -0.05) is 16.3 Å². The van der Waals surface area contributed by atoms with Crippen molar-refractivity contribution in [3.05, 3.63) is 0 Å². The first-order valence-electron chi connectivity index (χ1n) is 3.33. The van der Waals surface area contributed by atoms with Crippen LogP contribution in [-0.4, -0.2) is 22.8 Å². The number of nitrogens with one attached hydrogen (secondary N) is 1. The average Bonchev–Trinajstić information content (AvgIpc) is 1.94. The molecular weight excluding hydrogens is 165 g/mol. The van der Waals surface area contributed by atoms with E-state index in [0.717, 1.165) is 0 Å². The van der Waals surface area contributed by atoms with Gasteiger partial charge >= 0.3 is 0 Å². The number of Topliss-reactive ketones (excluding diaryl/α,β-unsaturated/α-hetero) is 1. The summed E-state index contributed by atoms with van der Waals surface area (Å²) in [5.74, 6) is 1.06. The lowest BCUT2D eigenvalue weighted by Gasteiger charge is -2.26. The van der Waals surface area contributed by atoms with Gasteiger partial charge in [0.05, 0.1) is 5.75 Å². The van der Waals surface area contributed by atoms with Crippen LogP contribution in [0.2, 0.25) is 0 Å². The van der Waals surface area contributed by atoms with Crippen molar-refractivity contribution in [1.29, 1.82) is 0 Å². The van der Waals surface area contributed by atoms with Crippen molar-refractivity contribution < 1.29 is 4.79 Å². The number of carbonyl (C=O) groups is 1. The first-order valence-corrected chi connectivity index (χ1v) is 4.96. The summed E-state index contributed by atoms with van der Waals surface area (Å²) < 4.78 is 0. The normalized spacial score (nSPS) is 34.4. The molecule has 58 valence electrons. The molecule has 0 spiro atoms. The predicted molar refractivity (Wildman–Crippen MR) is 48.2 cm³/mol. The first kappa shape index (κ1) is 8.51. The fraction of sp³-hybridized carbons (Fsp3) is 0.833. The second-order valence-electron chi connectivity index (χ2n) is 2.53. The van der Waals surface area contributed by atoms with E-state index in [2.05, 4.69) is 21.4 Å². The molecule has 0 aliphatic carbocycles. The van der Waals surface area contributed by atoms with E-state index in [4.69, 9.17) is 0 Å². The van der Waals surface area contributed by atoms with E-state index in [-0.39, 0.29) is 0 Å². The van der Waals surface area contributed by atoms with Crippen LogP contribution in [0.4, 0.5) is 0 Å². The molecule has 1 fully saturated rings. The van der Waals surface area contributed by atoms with Crippen molar-refractivity contribution in [2.24, 2.45) is 0 Å². The molecule has 0 radical (unpaired) electrons. The molecule has 3 atom stereocenters. The molecular formula is C6H12NOPS. The lowest BCUT2D eigenvalue weighted by Crippen LogP contribution is -2.37. The van der Waals surface area contributed by atoms with Gasteiger partial charge in [-0.15, -0.1) is 11.8 Å². The molecule has 4 heteroatoms. The van der Waals surface area contributed by atoms with E-state index in [1.54, 1.807) is 11.8 Å². The SMILES string of the molecule is C[C@H]1SCC(=O)C[C@@H]1NP. The second kappa shape index (κ2) is 3.70. The molecule has 1 aliphatic rings. The van der Waals surface area contributed by atoms with Crippen LogP contribution in [0.15, 0.2) is 0 Å². The third-order valence-electron chi connectivity index (χ3n) is 1.74. The van der Waals surface area contributed by atoms with Crippen LogP contribution >= 0.6 is 21.2 Å². The Morgan fingerprint density at radius 3 is 3.00 bits per heavy atom. The average molecular weight is 177 g/mol. The zero-order valence-corrected chi connectivity index (χ0v) is 7.93. The highest BCUT2D eigenvalue weighted by Gasteiger charge is 2.24. The standard InChI is InChI=1S/C6H12NOPS/c1-4-6(7-9)2-5(8)3-10-4/h4,6-7H,2-3,9H2,1H3/t4-,6+/m1/s1. The third-order valence-corrected chi connectivity index (χ3v) is 3.51. The van der Waals surface area contributed by atoms with Crippen LogP contribution in [0, 0.1) is 0 Å². The molecule has 1 aliphatic heterocycles. The summed E-state index contributed by atoms with van der Waals surface area (Å²) in [6.07, 6.45) is 0.692. The summed E-state index contributed by atoms with van der Waals surface area (Å²) in [4.78, 5) is 10.9. The van der Waals surface area contributed by atoms with Gasteiger partial charge in [0.25, 0.3) is 0 Å². The predicted octanol–water partition coefficient (Wildman–Crippen LogP) is 0.829. The second-order valence-corrected chi connectivity index (χ2v) is 4.23. The van der Waals surface area contributed by atoms with E-state index >= 15 is 0 Å². The summed E-state index contributed by atoms with van der Waals surface area (Å²) >= 11 is 1.73. The van der Waals surface area contributed by atoms with Crippen LogP contribution in [0.25, 0.3) is 0 Å². The Hall–Kier alpha value is 0.410. The van der Waals surface area contributed by atoms with Crippen molar-refractivity contribution in [3.63, 3.8) is 0 Å². The number of carbonyl (C=O) groups excluding carboxylic acids is 1.